The van der Waals surface area contributed by atoms with Crippen molar-refractivity contribution in [2.45, 2.75) is 5.75 Å². The van der Waals surface area contributed by atoms with Gasteiger partial charge in [-0.25, -0.2) is 17.2 Å². The summed E-state index contributed by atoms with van der Waals surface area (Å²) < 4.78 is 53.4. The Morgan fingerprint density at radius 2 is 1.60 bits per heavy atom. The Labute approximate surface area is 150 Å². The number of halogens is 3. The smallest absolute Gasteiger partial charge is 0.218 e. The first kappa shape index (κ1) is 18.1. The topological polar surface area (TPSA) is 40.6 Å². The summed E-state index contributed by atoms with van der Waals surface area (Å²) >= 11 is 5.93. The molecule has 1 saturated heterocycles. The van der Waals surface area contributed by atoms with E-state index in [9.17, 15) is 17.2 Å². The van der Waals surface area contributed by atoms with Gasteiger partial charge in [0.25, 0.3) is 0 Å². The van der Waals surface area contributed by atoms with Crippen molar-refractivity contribution < 1.29 is 17.2 Å². The van der Waals surface area contributed by atoms with Crippen LogP contribution < -0.4 is 4.90 Å². The summed E-state index contributed by atoms with van der Waals surface area (Å²) in [4.78, 5) is 1.99. The molecule has 0 amide bonds. The predicted octanol–water partition coefficient (Wildman–Crippen LogP) is 3.27. The van der Waals surface area contributed by atoms with Crippen LogP contribution in [-0.4, -0.2) is 38.9 Å². The number of hydrogen-bond acceptors (Lipinski definition) is 3. The number of rotatable bonds is 4. The molecule has 0 bridgehead atoms. The first-order valence-corrected chi connectivity index (χ1v) is 9.77. The summed E-state index contributed by atoms with van der Waals surface area (Å²) in [5.74, 6) is -1.40. The van der Waals surface area contributed by atoms with E-state index in [0.717, 1.165) is 5.69 Å². The molecule has 0 N–H and O–H groups in total. The van der Waals surface area contributed by atoms with Crippen molar-refractivity contribution in [2.75, 3.05) is 31.1 Å². The van der Waals surface area contributed by atoms with E-state index in [0.29, 0.717) is 13.1 Å². The van der Waals surface area contributed by atoms with E-state index in [1.165, 1.54) is 34.6 Å². The molecule has 25 heavy (non-hydrogen) atoms. The highest BCUT2D eigenvalue weighted by atomic mass is 35.5. The number of anilines is 1. The van der Waals surface area contributed by atoms with Crippen LogP contribution in [0.4, 0.5) is 14.5 Å². The molecule has 4 nitrogen and oxygen atoms in total. The zero-order valence-corrected chi connectivity index (χ0v) is 14.9. The van der Waals surface area contributed by atoms with Gasteiger partial charge in [0.05, 0.1) is 5.75 Å². The molecule has 134 valence electrons. The fourth-order valence-corrected chi connectivity index (χ4v) is 4.69. The molecular weight excluding hydrogens is 370 g/mol. The lowest BCUT2D eigenvalue weighted by Gasteiger charge is -2.35. The third kappa shape index (κ3) is 4.11. The highest BCUT2D eigenvalue weighted by Gasteiger charge is 2.28. The molecule has 0 atom stereocenters. The molecule has 8 heteroatoms. The lowest BCUT2D eigenvalue weighted by Crippen LogP contribution is -2.49. The Hall–Kier alpha value is -1.70. The van der Waals surface area contributed by atoms with Gasteiger partial charge in [-0.1, -0.05) is 17.7 Å². The normalized spacial score (nSPS) is 16.2. The number of nitrogens with zero attached hydrogens (tertiary/aromatic N) is 2. The average Bonchev–Trinajstić information content (AvgIpc) is 2.59. The molecule has 1 aliphatic rings. The van der Waals surface area contributed by atoms with Crippen LogP contribution in [0.25, 0.3) is 0 Å². The Bertz CT molecular complexity index is 831. The van der Waals surface area contributed by atoms with Crippen molar-refractivity contribution in [3.8, 4) is 0 Å². The zero-order chi connectivity index (χ0) is 18.0. The summed E-state index contributed by atoms with van der Waals surface area (Å²) in [6.07, 6.45) is 0. The summed E-state index contributed by atoms with van der Waals surface area (Å²) in [5, 5.41) is 0.105. The Morgan fingerprint density at radius 1 is 0.960 bits per heavy atom. The van der Waals surface area contributed by atoms with Crippen LogP contribution >= 0.6 is 11.6 Å². The fraction of sp³-hybridized carbons (Fsp3) is 0.294. The standard InChI is InChI=1S/C17H17ClF2N2O2S/c18-16-2-1-3-17(20)15(16)12-25(23,24)22-10-8-21(9-11-22)14-6-4-13(19)5-7-14/h1-7H,8-12H2. The minimum absolute atomic E-state index is 0.00914. The fourth-order valence-electron chi connectivity index (χ4n) is 2.82. The molecule has 0 unspecified atom stereocenters. The van der Waals surface area contributed by atoms with Gasteiger partial charge >= 0.3 is 0 Å². The van der Waals surface area contributed by atoms with Gasteiger partial charge in [0, 0.05) is 42.5 Å². The largest absolute Gasteiger partial charge is 0.369 e. The molecule has 1 aliphatic heterocycles. The lowest BCUT2D eigenvalue weighted by atomic mass is 10.2. The zero-order valence-electron chi connectivity index (χ0n) is 13.3. The van der Waals surface area contributed by atoms with E-state index in [4.69, 9.17) is 11.6 Å². The van der Waals surface area contributed by atoms with E-state index >= 15 is 0 Å². The van der Waals surface area contributed by atoms with E-state index in [1.807, 2.05) is 4.90 Å². The van der Waals surface area contributed by atoms with Crippen LogP contribution in [0, 0.1) is 11.6 Å². The molecule has 2 aromatic carbocycles. The molecule has 0 spiro atoms. The quantitative estimate of drug-likeness (QED) is 0.809. The van der Waals surface area contributed by atoms with Crippen molar-refractivity contribution in [2.24, 2.45) is 0 Å². The van der Waals surface area contributed by atoms with Gasteiger partial charge in [-0.3, -0.25) is 0 Å². The third-order valence-electron chi connectivity index (χ3n) is 4.21. The van der Waals surface area contributed by atoms with Crippen molar-refractivity contribution in [1.29, 1.82) is 0 Å². The Morgan fingerprint density at radius 3 is 2.20 bits per heavy atom. The third-order valence-corrected chi connectivity index (χ3v) is 6.37. The minimum Gasteiger partial charge on any atom is -0.369 e. The monoisotopic (exact) mass is 386 g/mol. The summed E-state index contributed by atoms with van der Waals surface area (Å²) in [6, 6.07) is 10.2. The predicted molar refractivity (Wildman–Crippen MR) is 94.2 cm³/mol. The van der Waals surface area contributed by atoms with Gasteiger partial charge in [0.1, 0.15) is 11.6 Å². The first-order chi connectivity index (χ1) is 11.9. The van der Waals surface area contributed by atoms with Gasteiger partial charge in [0.2, 0.25) is 10.0 Å². The maximum absolute atomic E-state index is 13.9. The highest BCUT2D eigenvalue weighted by Crippen LogP contribution is 2.24. The molecule has 0 radical (unpaired) electrons. The second kappa shape index (κ2) is 7.27. The Balaban J connectivity index is 1.68. The average molecular weight is 387 g/mol. The minimum atomic E-state index is -3.67. The van der Waals surface area contributed by atoms with E-state index in [1.54, 1.807) is 12.1 Å². The van der Waals surface area contributed by atoms with Crippen LogP contribution in [-0.2, 0) is 15.8 Å². The van der Waals surface area contributed by atoms with Crippen molar-refractivity contribution in [3.05, 3.63) is 64.7 Å². The Kier molecular flexibility index (Phi) is 5.27. The molecule has 1 fully saturated rings. The highest BCUT2D eigenvalue weighted by molar-refractivity contribution is 7.88. The summed E-state index contributed by atoms with van der Waals surface area (Å²) in [6.45, 7) is 1.53. The maximum Gasteiger partial charge on any atom is 0.218 e. The maximum atomic E-state index is 13.9. The van der Waals surface area contributed by atoms with Crippen molar-refractivity contribution in [3.63, 3.8) is 0 Å². The summed E-state index contributed by atoms with van der Waals surface area (Å²) in [7, 11) is -3.67. The SMILES string of the molecule is O=S(=O)(Cc1c(F)cccc1Cl)N1CCN(c2ccc(F)cc2)CC1. The molecular formula is C17H17ClF2N2O2S. The second-order valence-corrected chi connectivity index (χ2v) is 8.20. The molecule has 2 aromatic rings. The molecule has 0 saturated carbocycles. The van der Waals surface area contributed by atoms with Crippen LogP contribution in [0.15, 0.2) is 42.5 Å². The lowest BCUT2D eigenvalue weighted by molar-refractivity contribution is 0.384. The van der Waals surface area contributed by atoms with Crippen LogP contribution in [0.2, 0.25) is 5.02 Å². The van der Waals surface area contributed by atoms with E-state index < -0.39 is 21.6 Å². The second-order valence-electron chi connectivity index (χ2n) is 5.82. The van der Waals surface area contributed by atoms with Gasteiger partial charge in [-0.05, 0) is 36.4 Å². The number of piperazine rings is 1. The van der Waals surface area contributed by atoms with Gasteiger partial charge in [-0.2, -0.15) is 4.31 Å². The van der Waals surface area contributed by atoms with Crippen LogP contribution in [0.5, 0.6) is 0 Å². The van der Waals surface area contributed by atoms with Gasteiger partial charge in [0.15, 0.2) is 0 Å². The van der Waals surface area contributed by atoms with Gasteiger partial charge < -0.3 is 4.90 Å². The molecule has 0 aromatic heterocycles. The van der Waals surface area contributed by atoms with E-state index in [-0.39, 0.29) is 29.5 Å². The number of sulfonamides is 1. The van der Waals surface area contributed by atoms with E-state index in [2.05, 4.69) is 0 Å². The molecule has 0 aliphatic carbocycles. The van der Waals surface area contributed by atoms with Crippen LogP contribution in [0.3, 0.4) is 0 Å². The van der Waals surface area contributed by atoms with Crippen molar-refractivity contribution >= 4 is 27.3 Å². The number of hydrogen-bond donors (Lipinski definition) is 0. The summed E-state index contributed by atoms with van der Waals surface area (Å²) in [5.41, 5.74) is 0.834. The van der Waals surface area contributed by atoms with Crippen molar-refractivity contribution in [1.82, 2.24) is 4.31 Å². The molecule has 3 rings (SSSR count). The first-order valence-electron chi connectivity index (χ1n) is 7.78. The van der Waals surface area contributed by atoms with Crippen LogP contribution in [0.1, 0.15) is 5.56 Å². The molecule has 1 heterocycles. The number of benzene rings is 2. The van der Waals surface area contributed by atoms with Gasteiger partial charge in [-0.15, -0.1) is 0 Å².